The van der Waals surface area contributed by atoms with E-state index in [-0.39, 0.29) is 5.56 Å². The predicted octanol–water partition coefficient (Wildman–Crippen LogP) is 3.73. The zero-order valence-electron chi connectivity index (χ0n) is 15.1. The van der Waals surface area contributed by atoms with Gasteiger partial charge in [-0.1, -0.05) is 6.07 Å². The van der Waals surface area contributed by atoms with E-state index in [1.165, 1.54) is 0 Å². The first-order valence-electron chi connectivity index (χ1n) is 7.85. The molecule has 0 saturated heterocycles. The Balaban J connectivity index is 2.50. The highest BCUT2D eigenvalue weighted by atomic mass is 16.7. The lowest BCUT2D eigenvalue weighted by atomic mass is 10.1. The molecule has 0 aliphatic carbocycles. The lowest BCUT2D eigenvalue weighted by Crippen LogP contribution is -2.16. The third-order valence-electron chi connectivity index (χ3n) is 3.63. The largest absolute Gasteiger partial charge is 0.511 e. The normalized spacial score (nSPS) is 10.0. The van der Waals surface area contributed by atoms with Gasteiger partial charge in [0.15, 0.2) is 11.5 Å². The Morgan fingerprint density at radius 1 is 0.759 bits per heavy atom. The number of aryl methyl sites for hydroxylation is 2. The summed E-state index contributed by atoms with van der Waals surface area (Å²) < 4.78 is 13.2. The first-order valence-corrected chi connectivity index (χ1v) is 7.85. The number of rotatable bonds is 5. The van der Waals surface area contributed by atoms with Crippen molar-refractivity contribution in [1.82, 2.24) is 0 Å². The SMILES string of the molecule is Cc1ccc(NC(=O)c2cc(OC(=O)O)c(OC(=O)O)c(OC(=O)O)c2)cc1C. The number of nitrogens with one attached hydrogen (secondary N) is 1. The number of carbonyl (C=O) groups is 4. The van der Waals surface area contributed by atoms with E-state index < -0.39 is 41.6 Å². The van der Waals surface area contributed by atoms with Gasteiger partial charge in [-0.15, -0.1) is 0 Å². The highest BCUT2D eigenvalue weighted by molar-refractivity contribution is 6.05. The van der Waals surface area contributed by atoms with E-state index in [9.17, 15) is 19.2 Å². The van der Waals surface area contributed by atoms with Crippen molar-refractivity contribution < 1.29 is 48.7 Å². The van der Waals surface area contributed by atoms with Crippen molar-refractivity contribution in [3.8, 4) is 17.2 Å². The molecule has 2 aromatic carbocycles. The van der Waals surface area contributed by atoms with Crippen LogP contribution in [-0.2, 0) is 0 Å². The fourth-order valence-electron chi connectivity index (χ4n) is 2.26. The van der Waals surface area contributed by atoms with Crippen LogP contribution in [0.4, 0.5) is 20.1 Å². The van der Waals surface area contributed by atoms with Gasteiger partial charge in [0.05, 0.1) is 0 Å². The summed E-state index contributed by atoms with van der Waals surface area (Å²) in [7, 11) is 0. The van der Waals surface area contributed by atoms with Gasteiger partial charge in [0.25, 0.3) is 5.91 Å². The van der Waals surface area contributed by atoms with Crippen molar-refractivity contribution in [2.24, 2.45) is 0 Å². The quantitative estimate of drug-likeness (QED) is 0.425. The summed E-state index contributed by atoms with van der Waals surface area (Å²) in [4.78, 5) is 45.2. The van der Waals surface area contributed by atoms with Crippen LogP contribution in [0.15, 0.2) is 30.3 Å². The van der Waals surface area contributed by atoms with Crippen molar-refractivity contribution in [1.29, 1.82) is 0 Å². The van der Waals surface area contributed by atoms with E-state index in [2.05, 4.69) is 19.5 Å². The van der Waals surface area contributed by atoms with Crippen molar-refractivity contribution in [2.75, 3.05) is 5.32 Å². The predicted molar refractivity (Wildman–Crippen MR) is 96.3 cm³/mol. The molecule has 0 aliphatic rings. The van der Waals surface area contributed by atoms with Gasteiger partial charge in [-0.05, 0) is 49.2 Å². The van der Waals surface area contributed by atoms with Crippen LogP contribution in [0, 0.1) is 13.8 Å². The lowest BCUT2D eigenvalue weighted by molar-refractivity contribution is 0.102. The van der Waals surface area contributed by atoms with Crippen LogP contribution in [0.2, 0.25) is 0 Å². The number of amides is 1. The molecule has 1 amide bonds. The number of carbonyl (C=O) groups excluding carboxylic acids is 1. The Kier molecular flexibility index (Phi) is 6.24. The topological polar surface area (TPSA) is 169 Å². The van der Waals surface area contributed by atoms with E-state index >= 15 is 0 Å². The molecular formula is C18H15NO10. The van der Waals surface area contributed by atoms with Gasteiger partial charge in [-0.3, -0.25) is 4.79 Å². The Morgan fingerprint density at radius 3 is 1.72 bits per heavy atom. The Bertz CT molecular complexity index is 961. The van der Waals surface area contributed by atoms with Crippen molar-refractivity contribution in [2.45, 2.75) is 13.8 Å². The number of hydrogen-bond acceptors (Lipinski definition) is 7. The van der Waals surface area contributed by atoms with Gasteiger partial charge in [0.1, 0.15) is 0 Å². The minimum absolute atomic E-state index is 0.270. The zero-order valence-corrected chi connectivity index (χ0v) is 15.1. The Morgan fingerprint density at radius 2 is 1.28 bits per heavy atom. The van der Waals surface area contributed by atoms with Crippen LogP contribution in [0.25, 0.3) is 0 Å². The summed E-state index contributed by atoms with van der Waals surface area (Å²) >= 11 is 0. The second kappa shape index (κ2) is 8.61. The second-order valence-corrected chi connectivity index (χ2v) is 5.66. The van der Waals surface area contributed by atoms with Crippen LogP contribution in [0.1, 0.15) is 21.5 Å². The van der Waals surface area contributed by atoms with Gasteiger partial charge >= 0.3 is 18.5 Å². The molecule has 0 saturated carbocycles. The average molecular weight is 405 g/mol. The number of ether oxygens (including phenoxy) is 3. The molecule has 0 fully saturated rings. The molecule has 11 nitrogen and oxygen atoms in total. The molecule has 0 unspecified atom stereocenters. The van der Waals surface area contributed by atoms with E-state index in [1.54, 1.807) is 18.2 Å². The van der Waals surface area contributed by atoms with Crippen LogP contribution >= 0.6 is 0 Å². The molecule has 0 aliphatic heterocycles. The third-order valence-corrected chi connectivity index (χ3v) is 3.63. The molecule has 0 aromatic heterocycles. The van der Waals surface area contributed by atoms with E-state index in [1.807, 2.05) is 13.8 Å². The molecule has 4 N–H and O–H groups in total. The first-order chi connectivity index (χ1) is 13.6. The number of hydrogen-bond donors (Lipinski definition) is 4. The standard InChI is InChI=1S/C18H15NO10/c1-8-3-4-11(5-9(8)2)19-15(20)10-6-12(27-16(21)22)14(29-18(25)26)13(7-10)28-17(23)24/h3-7H,1-2H3,(H,19,20)(H,21,22)(H,23,24)(H,25,26). The number of benzene rings is 2. The van der Waals surface area contributed by atoms with Gasteiger partial charge in [0.2, 0.25) is 5.75 Å². The van der Waals surface area contributed by atoms with Crippen LogP contribution < -0.4 is 19.5 Å². The minimum Gasteiger partial charge on any atom is -0.449 e. The molecular weight excluding hydrogens is 390 g/mol. The second-order valence-electron chi connectivity index (χ2n) is 5.66. The minimum atomic E-state index is -1.89. The summed E-state index contributed by atoms with van der Waals surface area (Å²) in [5.74, 6) is -3.10. The van der Waals surface area contributed by atoms with E-state index in [4.69, 9.17) is 15.3 Å². The molecule has 2 aromatic rings. The molecule has 0 atom stereocenters. The van der Waals surface area contributed by atoms with E-state index in [0.717, 1.165) is 23.3 Å². The van der Waals surface area contributed by atoms with Gasteiger partial charge in [0, 0.05) is 11.3 Å². The van der Waals surface area contributed by atoms with Crippen molar-refractivity contribution in [3.05, 3.63) is 47.0 Å². The zero-order chi connectivity index (χ0) is 21.7. The molecule has 0 bridgehead atoms. The fourth-order valence-corrected chi connectivity index (χ4v) is 2.26. The first kappa shape index (κ1) is 21.0. The lowest BCUT2D eigenvalue weighted by Gasteiger charge is -2.14. The molecule has 0 heterocycles. The average Bonchev–Trinajstić information content (AvgIpc) is 2.59. The molecule has 2 rings (SSSR count). The van der Waals surface area contributed by atoms with Crippen LogP contribution in [0.5, 0.6) is 17.2 Å². The summed E-state index contributed by atoms with van der Waals surface area (Å²) in [6.45, 7) is 3.72. The number of anilines is 1. The van der Waals surface area contributed by atoms with Gasteiger partial charge in [-0.2, -0.15) is 0 Å². The van der Waals surface area contributed by atoms with Gasteiger partial charge < -0.3 is 34.8 Å². The summed E-state index contributed by atoms with van der Waals surface area (Å²) in [6.07, 6.45) is -5.59. The van der Waals surface area contributed by atoms with E-state index in [0.29, 0.717) is 5.69 Å². The van der Waals surface area contributed by atoms with Crippen LogP contribution in [-0.4, -0.2) is 39.7 Å². The Hall–Kier alpha value is -4.28. The summed E-state index contributed by atoms with van der Waals surface area (Å²) in [5, 5.41) is 29.0. The number of carboxylic acid groups (broad SMARTS) is 3. The Labute approximate surface area is 163 Å². The maximum atomic E-state index is 12.5. The maximum Gasteiger partial charge on any atom is 0.511 e. The van der Waals surface area contributed by atoms with Crippen molar-refractivity contribution in [3.63, 3.8) is 0 Å². The monoisotopic (exact) mass is 405 g/mol. The fraction of sp³-hybridized carbons (Fsp3) is 0.111. The molecule has 152 valence electrons. The smallest absolute Gasteiger partial charge is 0.449 e. The van der Waals surface area contributed by atoms with Gasteiger partial charge in [-0.25, -0.2) is 14.4 Å². The maximum absolute atomic E-state index is 12.5. The molecule has 11 heteroatoms. The highest BCUT2D eigenvalue weighted by Gasteiger charge is 2.24. The summed E-state index contributed by atoms with van der Waals surface area (Å²) in [6, 6.07) is 6.84. The van der Waals surface area contributed by atoms with Crippen LogP contribution in [0.3, 0.4) is 0 Å². The molecule has 29 heavy (non-hydrogen) atoms. The van der Waals surface area contributed by atoms with Crippen molar-refractivity contribution >= 4 is 30.1 Å². The molecule has 0 spiro atoms. The molecule has 0 radical (unpaired) electrons. The summed E-state index contributed by atoms with van der Waals surface area (Å²) in [5.41, 5.74) is 2.05. The third kappa shape index (κ3) is 5.60. The highest BCUT2D eigenvalue weighted by Crippen LogP contribution is 2.39.